The minimum Gasteiger partial charge on any atom is -0.366 e. The molecule has 0 unspecified atom stereocenters. The highest BCUT2D eigenvalue weighted by molar-refractivity contribution is 5.54. The molecule has 0 amide bonds. The molecule has 14 heavy (non-hydrogen) atoms. The first-order valence-corrected chi connectivity index (χ1v) is 4.20. The van der Waals surface area contributed by atoms with Crippen molar-refractivity contribution in [1.82, 2.24) is 9.97 Å². The second-order valence-corrected chi connectivity index (χ2v) is 2.77. The molecule has 0 spiro atoms. The summed E-state index contributed by atoms with van der Waals surface area (Å²) < 4.78 is 0. The van der Waals surface area contributed by atoms with E-state index in [1.807, 2.05) is 24.3 Å². The van der Waals surface area contributed by atoms with E-state index in [4.69, 9.17) is 6.42 Å². The predicted octanol–water partition coefficient (Wildman–Crippen LogP) is 2.08. The zero-order valence-corrected chi connectivity index (χ0v) is 7.44. The van der Waals surface area contributed by atoms with Crippen molar-refractivity contribution in [3.8, 4) is 17.3 Å². The van der Waals surface area contributed by atoms with Crippen LogP contribution in [0, 0.1) is 12.3 Å². The Morgan fingerprint density at radius 3 is 2.43 bits per heavy atom. The third kappa shape index (κ3) is 1.62. The van der Waals surface area contributed by atoms with Crippen molar-refractivity contribution in [2.75, 3.05) is 0 Å². The zero-order chi connectivity index (χ0) is 9.80. The van der Waals surface area contributed by atoms with Gasteiger partial charge in [-0.25, -0.2) is 0 Å². The Morgan fingerprint density at radius 2 is 1.86 bits per heavy atom. The Kier molecular flexibility index (Phi) is 2.24. The van der Waals surface area contributed by atoms with Crippen LogP contribution in [0.15, 0.2) is 42.7 Å². The molecule has 0 aliphatic rings. The molecule has 2 heteroatoms. The molecule has 0 radical (unpaired) electrons. The van der Waals surface area contributed by atoms with E-state index in [1.54, 1.807) is 18.5 Å². The molecule has 0 aliphatic carbocycles. The lowest BCUT2D eigenvalue weighted by atomic mass is 10.2. The molecule has 0 atom stereocenters. The van der Waals surface area contributed by atoms with Crippen LogP contribution in [0.2, 0.25) is 0 Å². The Hall–Kier alpha value is -2.14. The number of pyridine rings is 2. The molecular formula is C12H7N2-. The van der Waals surface area contributed by atoms with Crippen LogP contribution in [0.3, 0.4) is 0 Å². The van der Waals surface area contributed by atoms with Gasteiger partial charge < -0.3 is 6.42 Å². The van der Waals surface area contributed by atoms with Crippen LogP contribution in [0.25, 0.3) is 11.4 Å². The first-order valence-electron chi connectivity index (χ1n) is 4.20. The molecule has 0 saturated carbocycles. The summed E-state index contributed by atoms with van der Waals surface area (Å²) in [6.07, 6.45) is 10.3. The fourth-order valence-electron chi connectivity index (χ4n) is 1.13. The van der Waals surface area contributed by atoms with Crippen LogP contribution in [-0.4, -0.2) is 9.97 Å². The number of hydrogen-bond acceptors (Lipinski definition) is 2. The number of nitrogens with zero attached hydrogens (tertiary/aromatic N) is 2. The SMILES string of the molecule is [C-]#Cc1ccc(-c2ccccn2)nc1. The monoisotopic (exact) mass is 179 g/mol. The minimum absolute atomic E-state index is 0.671. The Bertz CT molecular complexity index is 452. The van der Waals surface area contributed by atoms with E-state index in [2.05, 4.69) is 15.9 Å². The summed E-state index contributed by atoms with van der Waals surface area (Å²) in [5, 5.41) is 0. The van der Waals surface area contributed by atoms with Gasteiger partial charge in [0.15, 0.2) is 0 Å². The standard InChI is InChI=1S/C12H7N2/c1-2-10-6-7-12(14-9-10)11-5-3-4-8-13-11/h3-9H/q-1. The lowest BCUT2D eigenvalue weighted by molar-refractivity contribution is 1.24. The third-order valence-electron chi connectivity index (χ3n) is 1.84. The molecule has 0 bridgehead atoms. The predicted molar refractivity (Wildman–Crippen MR) is 53.7 cm³/mol. The van der Waals surface area contributed by atoms with Crippen molar-refractivity contribution in [1.29, 1.82) is 0 Å². The van der Waals surface area contributed by atoms with Crippen LogP contribution in [-0.2, 0) is 0 Å². The number of aromatic nitrogens is 2. The van der Waals surface area contributed by atoms with E-state index in [1.165, 1.54) is 0 Å². The van der Waals surface area contributed by atoms with Gasteiger partial charge in [-0.2, -0.15) is 0 Å². The van der Waals surface area contributed by atoms with Gasteiger partial charge in [-0.05, 0) is 18.3 Å². The van der Waals surface area contributed by atoms with E-state index >= 15 is 0 Å². The molecular weight excluding hydrogens is 172 g/mol. The zero-order valence-electron chi connectivity index (χ0n) is 7.44. The fraction of sp³-hybridized carbons (Fsp3) is 0. The maximum atomic E-state index is 6.91. The van der Waals surface area contributed by atoms with Gasteiger partial charge in [0.1, 0.15) is 0 Å². The van der Waals surface area contributed by atoms with Gasteiger partial charge in [-0.1, -0.05) is 12.1 Å². The molecule has 2 nitrogen and oxygen atoms in total. The van der Waals surface area contributed by atoms with Crippen molar-refractivity contribution in [2.45, 2.75) is 0 Å². The summed E-state index contributed by atoms with van der Waals surface area (Å²) in [5.74, 6) is 2.27. The maximum absolute atomic E-state index is 6.91. The van der Waals surface area contributed by atoms with Gasteiger partial charge in [0.2, 0.25) is 0 Å². The summed E-state index contributed by atoms with van der Waals surface area (Å²) in [6, 6.07) is 9.31. The second kappa shape index (κ2) is 3.71. The normalized spacial score (nSPS) is 9.36. The largest absolute Gasteiger partial charge is 0.366 e. The number of hydrogen-bond donors (Lipinski definition) is 0. The lowest BCUT2D eigenvalue weighted by Gasteiger charge is -2.02. The molecule has 2 aromatic rings. The molecule has 2 aromatic heterocycles. The van der Waals surface area contributed by atoms with E-state index in [9.17, 15) is 0 Å². The van der Waals surface area contributed by atoms with Gasteiger partial charge in [0.05, 0.1) is 11.4 Å². The van der Waals surface area contributed by atoms with Crippen LogP contribution >= 0.6 is 0 Å². The summed E-state index contributed by atoms with van der Waals surface area (Å²) in [6.45, 7) is 0. The molecule has 0 aliphatic heterocycles. The van der Waals surface area contributed by atoms with Gasteiger partial charge in [0, 0.05) is 6.20 Å². The van der Waals surface area contributed by atoms with Crippen LogP contribution in [0.5, 0.6) is 0 Å². The molecule has 0 N–H and O–H groups in total. The minimum atomic E-state index is 0.671. The van der Waals surface area contributed by atoms with E-state index in [-0.39, 0.29) is 0 Å². The molecule has 0 aromatic carbocycles. The highest BCUT2D eigenvalue weighted by Gasteiger charge is 1.95. The summed E-state index contributed by atoms with van der Waals surface area (Å²) in [4.78, 5) is 8.35. The molecule has 66 valence electrons. The van der Waals surface area contributed by atoms with Crippen molar-refractivity contribution >= 4 is 0 Å². The quantitative estimate of drug-likeness (QED) is 0.494. The van der Waals surface area contributed by atoms with E-state index in [0.717, 1.165) is 11.4 Å². The second-order valence-electron chi connectivity index (χ2n) is 2.77. The third-order valence-corrected chi connectivity index (χ3v) is 1.84. The first kappa shape index (κ1) is 8.46. The summed E-state index contributed by atoms with van der Waals surface area (Å²) in [5.41, 5.74) is 2.32. The van der Waals surface area contributed by atoms with Gasteiger partial charge in [-0.15, -0.1) is 11.6 Å². The summed E-state index contributed by atoms with van der Waals surface area (Å²) >= 11 is 0. The fourth-order valence-corrected chi connectivity index (χ4v) is 1.13. The van der Waals surface area contributed by atoms with Crippen molar-refractivity contribution in [3.05, 3.63) is 54.7 Å². The van der Waals surface area contributed by atoms with Crippen LogP contribution in [0.4, 0.5) is 0 Å². The maximum Gasteiger partial charge on any atom is 0.0884 e. The van der Waals surface area contributed by atoms with E-state index in [0.29, 0.717) is 5.56 Å². The smallest absolute Gasteiger partial charge is 0.0884 e. The van der Waals surface area contributed by atoms with Crippen molar-refractivity contribution in [3.63, 3.8) is 0 Å². The average Bonchev–Trinajstić information content (AvgIpc) is 2.30. The van der Waals surface area contributed by atoms with Crippen LogP contribution < -0.4 is 0 Å². The topological polar surface area (TPSA) is 25.8 Å². The van der Waals surface area contributed by atoms with Crippen LogP contribution in [0.1, 0.15) is 5.56 Å². The number of rotatable bonds is 1. The van der Waals surface area contributed by atoms with E-state index < -0.39 is 0 Å². The highest BCUT2D eigenvalue weighted by Crippen LogP contribution is 2.12. The Morgan fingerprint density at radius 1 is 1.00 bits per heavy atom. The Labute approximate surface area is 82.7 Å². The lowest BCUT2D eigenvalue weighted by Crippen LogP contribution is -1.86. The van der Waals surface area contributed by atoms with Gasteiger partial charge in [-0.3, -0.25) is 15.9 Å². The average molecular weight is 179 g/mol. The van der Waals surface area contributed by atoms with Crippen molar-refractivity contribution in [2.24, 2.45) is 0 Å². The highest BCUT2D eigenvalue weighted by atomic mass is 14.8. The van der Waals surface area contributed by atoms with Crippen molar-refractivity contribution < 1.29 is 0 Å². The van der Waals surface area contributed by atoms with Gasteiger partial charge in [0.25, 0.3) is 0 Å². The Balaban J connectivity index is 2.40. The first-order chi connectivity index (χ1) is 6.90. The summed E-state index contributed by atoms with van der Waals surface area (Å²) in [7, 11) is 0. The molecule has 2 rings (SSSR count). The molecule has 0 saturated heterocycles. The molecule has 0 fully saturated rings. The molecule has 2 heterocycles. The van der Waals surface area contributed by atoms with Gasteiger partial charge >= 0.3 is 0 Å².